The Hall–Kier alpha value is -2.18. The number of carbonyl (C=O) groups excluding carboxylic acids is 1. The van der Waals surface area contributed by atoms with Crippen molar-refractivity contribution >= 4 is 35.2 Å². The number of carbonyl (C=O) groups is 1. The molecule has 0 spiro atoms. The number of fused-ring (bicyclic) bond motifs is 1. The summed E-state index contributed by atoms with van der Waals surface area (Å²) in [6.07, 6.45) is 3.04. The van der Waals surface area contributed by atoms with Crippen molar-refractivity contribution in [1.82, 2.24) is 9.78 Å². The van der Waals surface area contributed by atoms with E-state index in [0.29, 0.717) is 10.1 Å². The van der Waals surface area contributed by atoms with Gasteiger partial charge in [-0.15, -0.1) is 23.5 Å². The van der Waals surface area contributed by atoms with E-state index in [1.54, 1.807) is 0 Å². The SMILES string of the molecule is O=C(Nc1c2c(nn1-c1ccccc1)CCC2)c1ccc(C2SCCS2)cc1. The van der Waals surface area contributed by atoms with Crippen LogP contribution in [0.5, 0.6) is 0 Å². The number of aryl methyl sites for hydroxylation is 1. The number of nitrogens with one attached hydrogen (secondary N) is 1. The monoisotopic (exact) mass is 407 g/mol. The van der Waals surface area contributed by atoms with Crippen LogP contribution in [0.1, 0.15) is 38.2 Å². The van der Waals surface area contributed by atoms with Gasteiger partial charge in [-0.1, -0.05) is 30.3 Å². The van der Waals surface area contributed by atoms with E-state index in [4.69, 9.17) is 5.10 Å². The third-order valence-corrected chi connectivity index (χ3v) is 8.31. The summed E-state index contributed by atoms with van der Waals surface area (Å²) in [4.78, 5) is 13.0. The van der Waals surface area contributed by atoms with Crippen LogP contribution in [0, 0.1) is 0 Å². The smallest absolute Gasteiger partial charge is 0.256 e. The van der Waals surface area contributed by atoms with E-state index in [1.807, 2.05) is 70.7 Å². The minimum atomic E-state index is -0.0786. The molecule has 1 fully saturated rings. The molecule has 0 bridgehead atoms. The lowest BCUT2D eigenvalue weighted by Crippen LogP contribution is -2.16. The van der Waals surface area contributed by atoms with Crippen LogP contribution in [-0.2, 0) is 12.8 Å². The van der Waals surface area contributed by atoms with Crippen molar-refractivity contribution < 1.29 is 4.79 Å². The van der Waals surface area contributed by atoms with Crippen LogP contribution in [0.15, 0.2) is 54.6 Å². The van der Waals surface area contributed by atoms with E-state index in [0.717, 1.165) is 36.5 Å². The summed E-state index contributed by atoms with van der Waals surface area (Å²) in [7, 11) is 0. The van der Waals surface area contributed by atoms with Crippen molar-refractivity contribution in [2.45, 2.75) is 23.8 Å². The van der Waals surface area contributed by atoms with Gasteiger partial charge in [-0.2, -0.15) is 5.10 Å². The topological polar surface area (TPSA) is 46.9 Å². The summed E-state index contributed by atoms with van der Waals surface area (Å²) in [6, 6.07) is 18.1. The number of nitrogens with zero attached hydrogens (tertiary/aromatic N) is 2. The number of anilines is 1. The van der Waals surface area contributed by atoms with Gasteiger partial charge in [0.1, 0.15) is 5.82 Å². The quantitative estimate of drug-likeness (QED) is 0.654. The van der Waals surface area contributed by atoms with Gasteiger partial charge in [0.15, 0.2) is 0 Å². The van der Waals surface area contributed by atoms with Crippen LogP contribution >= 0.6 is 23.5 Å². The van der Waals surface area contributed by atoms with Crippen molar-refractivity contribution in [1.29, 1.82) is 0 Å². The number of amides is 1. The van der Waals surface area contributed by atoms with Gasteiger partial charge in [0, 0.05) is 22.6 Å². The van der Waals surface area contributed by atoms with Gasteiger partial charge < -0.3 is 5.32 Å². The highest BCUT2D eigenvalue weighted by Crippen LogP contribution is 2.45. The van der Waals surface area contributed by atoms with Crippen LogP contribution in [0.4, 0.5) is 5.82 Å². The van der Waals surface area contributed by atoms with Crippen LogP contribution in [-0.4, -0.2) is 27.2 Å². The summed E-state index contributed by atoms with van der Waals surface area (Å²) >= 11 is 3.95. The number of benzene rings is 2. The second-order valence-corrected chi connectivity index (χ2v) is 9.75. The summed E-state index contributed by atoms with van der Waals surface area (Å²) in [5.41, 5.74) is 5.22. The van der Waals surface area contributed by atoms with Gasteiger partial charge >= 0.3 is 0 Å². The van der Waals surface area contributed by atoms with E-state index in [1.165, 1.54) is 22.6 Å². The zero-order chi connectivity index (χ0) is 18.9. The Bertz CT molecular complexity index is 993. The zero-order valence-electron chi connectivity index (χ0n) is 15.4. The Morgan fingerprint density at radius 2 is 1.75 bits per heavy atom. The highest BCUT2D eigenvalue weighted by atomic mass is 32.2. The van der Waals surface area contributed by atoms with Crippen LogP contribution in [0.3, 0.4) is 0 Å². The Labute approximate surface area is 173 Å². The molecule has 2 heterocycles. The van der Waals surface area contributed by atoms with E-state index >= 15 is 0 Å². The molecule has 1 aliphatic carbocycles. The van der Waals surface area contributed by atoms with Gasteiger partial charge in [0.2, 0.25) is 0 Å². The first-order valence-corrected chi connectivity index (χ1v) is 11.7. The molecule has 1 aliphatic heterocycles. The zero-order valence-corrected chi connectivity index (χ0v) is 17.1. The Morgan fingerprint density at radius 3 is 2.50 bits per heavy atom. The first-order valence-electron chi connectivity index (χ1n) is 9.60. The molecular formula is C22H21N3OS2. The Morgan fingerprint density at radius 1 is 1.00 bits per heavy atom. The highest BCUT2D eigenvalue weighted by molar-refractivity contribution is 8.19. The second-order valence-electron chi connectivity index (χ2n) is 7.02. The summed E-state index contributed by atoms with van der Waals surface area (Å²) in [5.74, 6) is 3.14. The van der Waals surface area contributed by atoms with Crippen LogP contribution in [0.25, 0.3) is 5.69 Å². The van der Waals surface area contributed by atoms with Crippen LogP contribution in [0.2, 0.25) is 0 Å². The molecule has 6 heteroatoms. The van der Waals surface area contributed by atoms with E-state index in [2.05, 4.69) is 17.4 Å². The fourth-order valence-corrected chi connectivity index (χ4v) is 6.66. The third-order valence-electron chi connectivity index (χ3n) is 5.21. The van der Waals surface area contributed by atoms with Gasteiger partial charge in [-0.3, -0.25) is 4.79 Å². The fourth-order valence-electron chi connectivity index (χ4n) is 3.80. The van der Waals surface area contributed by atoms with E-state index < -0.39 is 0 Å². The highest BCUT2D eigenvalue weighted by Gasteiger charge is 2.25. The first kappa shape index (κ1) is 17.9. The Kier molecular flexibility index (Phi) is 4.91. The molecule has 0 radical (unpaired) electrons. The number of rotatable bonds is 4. The molecule has 5 rings (SSSR count). The lowest BCUT2D eigenvalue weighted by molar-refractivity contribution is 0.102. The maximum atomic E-state index is 13.0. The van der Waals surface area contributed by atoms with Crippen molar-refractivity contribution in [3.8, 4) is 5.69 Å². The van der Waals surface area contributed by atoms with Crippen molar-refractivity contribution in [2.24, 2.45) is 0 Å². The molecule has 28 heavy (non-hydrogen) atoms. The molecule has 142 valence electrons. The minimum absolute atomic E-state index is 0.0786. The standard InChI is InChI=1S/C22H21N3OS2/c26-21(15-9-11-16(12-10-15)22-27-13-14-28-22)23-20-18-7-4-8-19(18)24-25(20)17-5-2-1-3-6-17/h1-3,5-6,9-12,22H,4,7-8,13-14H2,(H,23,26). The lowest BCUT2D eigenvalue weighted by Gasteiger charge is -2.12. The largest absolute Gasteiger partial charge is 0.306 e. The molecule has 1 aromatic heterocycles. The molecule has 2 aromatic carbocycles. The maximum absolute atomic E-state index is 13.0. The third kappa shape index (κ3) is 3.35. The summed E-state index contributed by atoms with van der Waals surface area (Å²) < 4.78 is 2.38. The van der Waals surface area contributed by atoms with E-state index in [9.17, 15) is 4.79 Å². The fraction of sp³-hybridized carbons (Fsp3) is 0.273. The molecule has 0 unspecified atom stereocenters. The van der Waals surface area contributed by atoms with Gasteiger partial charge in [-0.05, 0) is 49.1 Å². The average Bonchev–Trinajstić information content (AvgIpc) is 3.48. The normalized spacial score (nSPS) is 16.3. The number of aromatic nitrogens is 2. The lowest BCUT2D eigenvalue weighted by atomic mass is 10.1. The maximum Gasteiger partial charge on any atom is 0.256 e. The number of para-hydroxylation sites is 1. The molecule has 3 aromatic rings. The molecule has 4 nitrogen and oxygen atoms in total. The number of thioether (sulfide) groups is 2. The second kappa shape index (κ2) is 7.68. The van der Waals surface area contributed by atoms with Gasteiger partial charge in [0.25, 0.3) is 5.91 Å². The first-order chi connectivity index (χ1) is 13.8. The van der Waals surface area contributed by atoms with Gasteiger partial charge in [0.05, 0.1) is 16.0 Å². The predicted molar refractivity (Wildman–Crippen MR) is 118 cm³/mol. The van der Waals surface area contributed by atoms with E-state index in [-0.39, 0.29) is 5.91 Å². The summed E-state index contributed by atoms with van der Waals surface area (Å²) in [6.45, 7) is 0. The number of hydrogen-bond donors (Lipinski definition) is 1. The molecular weight excluding hydrogens is 386 g/mol. The van der Waals surface area contributed by atoms with Gasteiger partial charge in [-0.25, -0.2) is 4.68 Å². The predicted octanol–water partition coefficient (Wildman–Crippen LogP) is 5.09. The molecule has 1 amide bonds. The van der Waals surface area contributed by atoms with Crippen molar-refractivity contribution in [3.63, 3.8) is 0 Å². The van der Waals surface area contributed by atoms with Crippen molar-refractivity contribution in [2.75, 3.05) is 16.8 Å². The minimum Gasteiger partial charge on any atom is -0.306 e. The number of hydrogen-bond acceptors (Lipinski definition) is 4. The Balaban J connectivity index is 1.42. The van der Waals surface area contributed by atoms with Crippen molar-refractivity contribution in [3.05, 3.63) is 77.0 Å². The summed E-state index contributed by atoms with van der Waals surface area (Å²) in [5, 5.41) is 7.92. The average molecular weight is 408 g/mol. The molecule has 1 N–H and O–H groups in total. The molecule has 0 saturated carbocycles. The molecule has 0 atom stereocenters. The molecule has 2 aliphatic rings. The van der Waals surface area contributed by atoms with Crippen LogP contribution < -0.4 is 5.32 Å². The molecule has 1 saturated heterocycles.